The highest BCUT2D eigenvalue weighted by Crippen LogP contribution is 2.00. The molecule has 0 aromatic carbocycles. The van der Waals surface area contributed by atoms with Crippen molar-refractivity contribution in [3.8, 4) is 0 Å². The standard InChI is InChI=1S/C4H11NO3.C3H11ClOSi2/c5-4(1-6,2-7)3-8;1-7(2,3)5-6-4/h6-8H,1-3,5H2;6H2,1-3H3. The fraction of sp³-hybridized carbons (Fsp3) is 1.00. The summed E-state index contributed by atoms with van der Waals surface area (Å²) in [5.41, 5.74) is 3.94. The molecular weight excluding hydrogens is 254 g/mol. The van der Waals surface area contributed by atoms with Gasteiger partial charge < -0.3 is 25.2 Å². The Hall–Kier alpha value is 0.524. The topological polar surface area (TPSA) is 95.9 Å². The molecule has 15 heavy (non-hydrogen) atoms. The van der Waals surface area contributed by atoms with Crippen molar-refractivity contribution in [3.05, 3.63) is 0 Å². The second-order valence-corrected chi connectivity index (χ2v) is 10.5. The SMILES string of the molecule is C[Si](C)(C)O[SiH2]Cl.NC(CO)(CO)CO. The highest BCUT2D eigenvalue weighted by atomic mass is 35.6. The van der Waals surface area contributed by atoms with Crippen molar-refractivity contribution in [2.75, 3.05) is 19.8 Å². The summed E-state index contributed by atoms with van der Waals surface area (Å²) in [5.74, 6) is 0. The molecule has 0 spiro atoms. The molecule has 0 saturated heterocycles. The molecule has 94 valence electrons. The van der Waals surface area contributed by atoms with Gasteiger partial charge in [0.2, 0.25) is 9.07 Å². The molecule has 0 aliphatic carbocycles. The molecule has 0 radical (unpaired) electrons. The van der Waals surface area contributed by atoms with E-state index in [0.29, 0.717) is 0 Å². The molecule has 0 atom stereocenters. The minimum Gasteiger partial charge on any atom is -0.449 e. The van der Waals surface area contributed by atoms with E-state index < -0.39 is 42.7 Å². The molecular formula is C7H22ClNO4Si2. The largest absolute Gasteiger partial charge is 0.449 e. The third-order valence-electron chi connectivity index (χ3n) is 1.43. The van der Waals surface area contributed by atoms with Crippen LogP contribution in [0.25, 0.3) is 0 Å². The van der Waals surface area contributed by atoms with Crippen LogP contribution in [0, 0.1) is 0 Å². The van der Waals surface area contributed by atoms with Gasteiger partial charge in [-0.2, -0.15) is 0 Å². The zero-order valence-electron chi connectivity index (χ0n) is 9.53. The minimum atomic E-state index is -1.23. The molecule has 0 bridgehead atoms. The Balaban J connectivity index is 0. The van der Waals surface area contributed by atoms with Crippen molar-refractivity contribution in [1.29, 1.82) is 0 Å². The van der Waals surface area contributed by atoms with Crippen LogP contribution >= 0.6 is 11.1 Å². The van der Waals surface area contributed by atoms with Crippen molar-refractivity contribution >= 4 is 28.5 Å². The molecule has 0 aromatic rings. The Bertz CT molecular complexity index is 144. The van der Waals surface area contributed by atoms with Crippen molar-refractivity contribution in [1.82, 2.24) is 0 Å². The zero-order chi connectivity index (χ0) is 12.5. The van der Waals surface area contributed by atoms with E-state index in [0.717, 1.165) is 0 Å². The highest BCUT2D eigenvalue weighted by molar-refractivity contribution is 6.94. The molecule has 0 rings (SSSR count). The van der Waals surface area contributed by atoms with E-state index in [-0.39, 0.29) is 0 Å². The number of aliphatic hydroxyl groups excluding tert-OH is 3. The van der Waals surface area contributed by atoms with Crippen LogP contribution in [0.2, 0.25) is 19.6 Å². The summed E-state index contributed by atoms with van der Waals surface area (Å²) in [5, 5.41) is 25.0. The molecule has 0 unspecified atom stereocenters. The summed E-state index contributed by atoms with van der Waals surface area (Å²) in [6, 6.07) is 0. The summed E-state index contributed by atoms with van der Waals surface area (Å²) in [6.07, 6.45) is 0. The van der Waals surface area contributed by atoms with Crippen LogP contribution in [0.15, 0.2) is 0 Å². The van der Waals surface area contributed by atoms with Gasteiger partial charge in [-0.1, -0.05) is 0 Å². The van der Waals surface area contributed by atoms with Gasteiger partial charge in [-0.3, -0.25) is 0 Å². The van der Waals surface area contributed by atoms with Crippen molar-refractivity contribution in [2.24, 2.45) is 5.73 Å². The van der Waals surface area contributed by atoms with E-state index in [1.54, 1.807) is 0 Å². The van der Waals surface area contributed by atoms with E-state index in [9.17, 15) is 0 Å². The summed E-state index contributed by atoms with van der Waals surface area (Å²) >= 11 is 5.44. The van der Waals surface area contributed by atoms with E-state index >= 15 is 0 Å². The Labute approximate surface area is 99.0 Å². The first kappa shape index (κ1) is 17.9. The summed E-state index contributed by atoms with van der Waals surface area (Å²) in [7, 11) is -1.88. The first-order chi connectivity index (χ1) is 6.74. The quantitative estimate of drug-likeness (QED) is 0.371. The van der Waals surface area contributed by atoms with Crippen LogP contribution in [0.5, 0.6) is 0 Å². The van der Waals surface area contributed by atoms with Gasteiger partial charge in [0, 0.05) is 0 Å². The van der Waals surface area contributed by atoms with Gasteiger partial charge >= 0.3 is 0 Å². The predicted molar refractivity (Wildman–Crippen MR) is 67.0 cm³/mol. The number of hydrogen-bond donors (Lipinski definition) is 4. The van der Waals surface area contributed by atoms with E-state index in [1.807, 2.05) is 0 Å². The lowest BCUT2D eigenvalue weighted by atomic mass is 10.1. The predicted octanol–water partition coefficient (Wildman–Crippen LogP) is -1.26. The maximum atomic E-state index is 8.34. The Morgan fingerprint density at radius 2 is 1.53 bits per heavy atom. The van der Waals surface area contributed by atoms with Crippen molar-refractivity contribution in [2.45, 2.75) is 25.2 Å². The lowest BCUT2D eigenvalue weighted by molar-refractivity contribution is 0.0698. The Morgan fingerprint density at radius 1 is 1.20 bits per heavy atom. The average molecular weight is 276 g/mol. The monoisotopic (exact) mass is 275 g/mol. The molecule has 0 aliphatic rings. The fourth-order valence-electron chi connectivity index (χ4n) is 0.314. The molecule has 0 heterocycles. The third-order valence-corrected chi connectivity index (χ3v) is 6.31. The first-order valence-corrected chi connectivity index (χ1v) is 10.7. The van der Waals surface area contributed by atoms with Crippen molar-refractivity contribution < 1.29 is 19.4 Å². The maximum Gasteiger partial charge on any atom is 0.247 e. The molecule has 0 aromatic heterocycles. The lowest BCUT2D eigenvalue weighted by Crippen LogP contribution is -2.50. The number of rotatable bonds is 5. The van der Waals surface area contributed by atoms with Gasteiger partial charge in [0.1, 0.15) is 0 Å². The van der Waals surface area contributed by atoms with Crippen LogP contribution in [-0.4, -0.2) is 58.1 Å². The normalized spacial score (nSPS) is 12.8. The molecule has 0 saturated carbocycles. The van der Waals surface area contributed by atoms with E-state index in [2.05, 4.69) is 19.6 Å². The van der Waals surface area contributed by atoms with E-state index in [1.165, 1.54) is 0 Å². The van der Waals surface area contributed by atoms with Gasteiger partial charge in [0.25, 0.3) is 0 Å². The van der Waals surface area contributed by atoms with Gasteiger partial charge in [0.15, 0.2) is 8.32 Å². The van der Waals surface area contributed by atoms with Gasteiger partial charge in [-0.05, 0) is 19.6 Å². The van der Waals surface area contributed by atoms with Crippen LogP contribution in [-0.2, 0) is 4.12 Å². The van der Waals surface area contributed by atoms with Crippen LogP contribution in [0.4, 0.5) is 0 Å². The van der Waals surface area contributed by atoms with E-state index in [4.69, 9.17) is 36.2 Å². The summed E-state index contributed by atoms with van der Waals surface area (Å²) < 4.78 is 5.27. The highest BCUT2D eigenvalue weighted by Gasteiger charge is 2.20. The minimum absolute atomic E-state index is 0.403. The number of hydrogen-bond acceptors (Lipinski definition) is 5. The smallest absolute Gasteiger partial charge is 0.247 e. The number of halogens is 1. The second kappa shape index (κ2) is 8.65. The fourth-order valence-corrected chi connectivity index (χ4v) is 4.57. The molecule has 0 aliphatic heterocycles. The van der Waals surface area contributed by atoms with Gasteiger partial charge in [-0.25, -0.2) is 0 Å². The van der Waals surface area contributed by atoms with Crippen LogP contribution in [0.1, 0.15) is 0 Å². The third kappa shape index (κ3) is 12.5. The van der Waals surface area contributed by atoms with Gasteiger partial charge in [0.05, 0.1) is 25.4 Å². The second-order valence-electron chi connectivity index (χ2n) is 4.20. The summed E-state index contributed by atoms with van der Waals surface area (Å²) in [4.78, 5) is 0. The van der Waals surface area contributed by atoms with Crippen LogP contribution in [0.3, 0.4) is 0 Å². The van der Waals surface area contributed by atoms with Crippen LogP contribution < -0.4 is 5.73 Å². The number of nitrogens with two attached hydrogens (primary N) is 1. The molecule has 0 amide bonds. The molecule has 0 fully saturated rings. The van der Waals surface area contributed by atoms with Crippen molar-refractivity contribution in [3.63, 3.8) is 0 Å². The number of aliphatic hydroxyl groups is 3. The summed E-state index contributed by atoms with van der Waals surface area (Å²) in [6.45, 7) is 5.22. The lowest BCUT2D eigenvalue weighted by Gasteiger charge is -2.20. The first-order valence-electron chi connectivity index (χ1n) is 4.56. The molecule has 8 heteroatoms. The Morgan fingerprint density at radius 3 is 1.53 bits per heavy atom. The molecule has 5 nitrogen and oxygen atoms in total. The van der Waals surface area contributed by atoms with Gasteiger partial charge in [-0.15, -0.1) is 11.1 Å². The zero-order valence-corrected chi connectivity index (χ0v) is 12.7. The Kier molecular flexibility index (Phi) is 10.3. The average Bonchev–Trinajstić information content (AvgIpc) is 2.16. The molecule has 5 N–H and O–H groups in total. The maximum absolute atomic E-state index is 8.34.